The molecule has 0 unspecified atom stereocenters. The summed E-state index contributed by atoms with van der Waals surface area (Å²) in [6.45, 7) is 2.22. The van der Waals surface area contributed by atoms with Gasteiger partial charge in [0.1, 0.15) is 5.75 Å². The van der Waals surface area contributed by atoms with Gasteiger partial charge < -0.3 is 4.74 Å². The van der Waals surface area contributed by atoms with Crippen molar-refractivity contribution >= 4 is 15.9 Å². The van der Waals surface area contributed by atoms with E-state index < -0.39 is 11.7 Å². The molecular weight excluding hydrogens is 273 g/mol. The minimum Gasteiger partial charge on any atom is -0.494 e. The summed E-state index contributed by atoms with van der Waals surface area (Å²) in [7, 11) is 0. The van der Waals surface area contributed by atoms with E-state index in [0.717, 1.165) is 12.1 Å². The van der Waals surface area contributed by atoms with Crippen molar-refractivity contribution in [2.75, 3.05) is 6.61 Å². The highest BCUT2D eigenvalue weighted by atomic mass is 79.9. The SMILES string of the molecule is CCOc1ccc(C(F)(F)F)cc1CBr. The van der Waals surface area contributed by atoms with Gasteiger partial charge in [-0.1, -0.05) is 15.9 Å². The zero-order valence-corrected chi connectivity index (χ0v) is 9.65. The Morgan fingerprint density at radius 3 is 2.47 bits per heavy atom. The number of hydrogen-bond donors (Lipinski definition) is 0. The first kappa shape index (κ1) is 12.4. The van der Waals surface area contributed by atoms with Crippen molar-refractivity contribution in [1.82, 2.24) is 0 Å². The molecule has 0 aliphatic rings. The van der Waals surface area contributed by atoms with Crippen LogP contribution in [-0.4, -0.2) is 6.61 Å². The van der Waals surface area contributed by atoms with Crippen molar-refractivity contribution in [3.05, 3.63) is 29.3 Å². The number of ether oxygens (including phenoxy) is 1. The lowest BCUT2D eigenvalue weighted by Gasteiger charge is -2.12. The maximum atomic E-state index is 12.4. The van der Waals surface area contributed by atoms with Crippen LogP contribution in [0.1, 0.15) is 18.1 Å². The number of rotatable bonds is 3. The van der Waals surface area contributed by atoms with Crippen molar-refractivity contribution in [2.45, 2.75) is 18.4 Å². The molecular formula is C10H10BrF3O. The minimum atomic E-state index is -4.30. The van der Waals surface area contributed by atoms with Crippen LogP contribution in [0, 0.1) is 0 Å². The van der Waals surface area contributed by atoms with E-state index in [1.54, 1.807) is 6.92 Å². The first-order valence-corrected chi connectivity index (χ1v) is 5.50. The maximum absolute atomic E-state index is 12.4. The van der Waals surface area contributed by atoms with E-state index in [1.807, 2.05) is 0 Å². The summed E-state index contributed by atoms with van der Waals surface area (Å²) in [5.74, 6) is 0.488. The summed E-state index contributed by atoms with van der Waals surface area (Å²) in [6, 6.07) is 3.47. The lowest BCUT2D eigenvalue weighted by Crippen LogP contribution is -2.06. The molecule has 0 saturated heterocycles. The van der Waals surface area contributed by atoms with Crippen LogP contribution in [0.2, 0.25) is 0 Å². The lowest BCUT2D eigenvalue weighted by atomic mass is 10.1. The summed E-state index contributed by atoms with van der Waals surface area (Å²) >= 11 is 3.13. The normalized spacial score (nSPS) is 11.5. The van der Waals surface area contributed by atoms with E-state index in [-0.39, 0.29) is 0 Å². The average molecular weight is 283 g/mol. The third kappa shape index (κ3) is 3.12. The number of halogens is 4. The Labute approximate surface area is 94.4 Å². The molecule has 0 bridgehead atoms. The Hall–Kier alpha value is -0.710. The predicted molar refractivity (Wildman–Crippen MR) is 55.2 cm³/mol. The summed E-state index contributed by atoms with van der Waals surface area (Å²) in [6.07, 6.45) is -4.30. The Morgan fingerprint density at radius 2 is 2.00 bits per heavy atom. The minimum absolute atomic E-state index is 0.340. The van der Waals surface area contributed by atoms with Crippen LogP contribution in [0.15, 0.2) is 18.2 Å². The average Bonchev–Trinajstić information content (AvgIpc) is 2.17. The molecule has 5 heteroatoms. The largest absolute Gasteiger partial charge is 0.494 e. The monoisotopic (exact) mass is 282 g/mol. The smallest absolute Gasteiger partial charge is 0.416 e. The molecule has 0 aliphatic heterocycles. The first-order chi connectivity index (χ1) is 6.99. The van der Waals surface area contributed by atoms with Gasteiger partial charge in [0.25, 0.3) is 0 Å². The van der Waals surface area contributed by atoms with Crippen LogP contribution in [0.5, 0.6) is 5.75 Å². The van der Waals surface area contributed by atoms with Crippen molar-refractivity contribution in [3.63, 3.8) is 0 Å². The molecule has 0 atom stereocenters. The van der Waals surface area contributed by atoms with E-state index in [0.29, 0.717) is 23.2 Å². The van der Waals surface area contributed by atoms with E-state index in [2.05, 4.69) is 15.9 Å². The fourth-order valence-corrected chi connectivity index (χ4v) is 1.59. The summed E-state index contributed by atoms with van der Waals surface area (Å²) in [5, 5.41) is 0.340. The predicted octanol–water partition coefficient (Wildman–Crippen LogP) is 4.00. The molecule has 0 radical (unpaired) electrons. The zero-order chi connectivity index (χ0) is 11.5. The van der Waals surface area contributed by atoms with E-state index >= 15 is 0 Å². The van der Waals surface area contributed by atoms with Crippen molar-refractivity contribution in [3.8, 4) is 5.75 Å². The zero-order valence-electron chi connectivity index (χ0n) is 8.07. The number of hydrogen-bond acceptors (Lipinski definition) is 1. The van der Waals surface area contributed by atoms with Crippen LogP contribution in [0.4, 0.5) is 13.2 Å². The van der Waals surface area contributed by atoms with Crippen LogP contribution in [-0.2, 0) is 11.5 Å². The molecule has 84 valence electrons. The van der Waals surface area contributed by atoms with Gasteiger partial charge in [0.05, 0.1) is 12.2 Å². The van der Waals surface area contributed by atoms with Gasteiger partial charge in [0.15, 0.2) is 0 Å². The fraction of sp³-hybridized carbons (Fsp3) is 0.400. The van der Waals surface area contributed by atoms with E-state index in [9.17, 15) is 13.2 Å². The molecule has 0 saturated carbocycles. The molecule has 0 aromatic heterocycles. The molecule has 0 spiro atoms. The first-order valence-electron chi connectivity index (χ1n) is 4.38. The number of alkyl halides is 4. The fourth-order valence-electron chi connectivity index (χ4n) is 1.16. The highest BCUT2D eigenvalue weighted by Gasteiger charge is 2.30. The van der Waals surface area contributed by atoms with Gasteiger partial charge in [-0.05, 0) is 25.1 Å². The topological polar surface area (TPSA) is 9.23 Å². The van der Waals surface area contributed by atoms with E-state index in [4.69, 9.17) is 4.74 Å². The molecule has 0 amide bonds. The Kier molecular flexibility index (Phi) is 4.02. The molecule has 0 heterocycles. The molecule has 0 aliphatic carbocycles. The summed E-state index contributed by atoms with van der Waals surface area (Å²) < 4.78 is 42.3. The molecule has 1 rings (SSSR count). The van der Waals surface area contributed by atoms with Crippen molar-refractivity contribution in [1.29, 1.82) is 0 Å². The standard InChI is InChI=1S/C10H10BrF3O/c1-2-15-9-4-3-8(10(12,13)14)5-7(9)6-11/h3-5H,2,6H2,1H3. The molecule has 15 heavy (non-hydrogen) atoms. The van der Waals surface area contributed by atoms with Crippen LogP contribution >= 0.6 is 15.9 Å². The van der Waals surface area contributed by atoms with Crippen LogP contribution < -0.4 is 4.74 Å². The Bertz CT molecular complexity index is 336. The summed E-state index contributed by atoms with van der Waals surface area (Å²) in [4.78, 5) is 0. The lowest BCUT2D eigenvalue weighted by molar-refractivity contribution is -0.137. The van der Waals surface area contributed by atoms with Crippen LogP contribution in [0.3, 0.4) is 0 Å². The van der Waals surface area contributed by atoms with Gasteiger partial charge in [-0.15, -0.1) is 0 Å². The van der Waals surface area contributed by atoms with Gasteiger partial charge in [-0.2, -0.15) is 13.2 Å². The van der Waals surface area contributed by atoms with Gasteiger partial charge >= 0.3 is 6.18 Å². The van der Waals surface area contributed by atoms with Gasteiger partial charge in [0, 0.05) is 10.9 Å². The van der Waals surface area contributed by atoms with Crippen molar-refractivity contribution < 1.29 is 17.9 Å². The van der Waals surface area contributed by atoms with Gasteiger partial charge in [-0.3, -0.25) is 0 Å². The Morgan fingerprint density at radius 1 is 1.33 bits per heavy atom. The number of benzene rings is 1. The highest BCUT2D eigenvalue weighted by molar-refractivity contribution is 9.08. The Balaban J connectivity index is 3.08. The molecule has 1 nitrogen and oxygen atoms in total. The van der Waals surface area contributed by atoms with Crippen molar-refractivity contribution in [2.24, 2.45) is 0 Å². The second kappa shape index (κ2) is 4.88. The molecule has 0 fully saturated rings. The molecule has 1 aromatic carbocycles. The third-order valence-corrected chi connectivity index (χ3v) is 2.44. The maximum Gasteiger partial charge on any atom is 0.416 e. The molecule has 0 N–H and O–H groups in total. The summed E-state index contributed by atoms with van der Waals surface area (Å²) in [5.41, 5.74) is -0.146. The van der Waals surface area contributed by atoms with Crippen LogP contribution in [0.25, 0.3) is 0 Å². The second-order valence-corrected chi connectivity index (χ2v) is 3.45. The van der Waals surface area contributed by atoms with Gasteiger partial charge in [0.2, 0.25) is 0 Å². The quantitative estimate of drug-likeness (QED) is 0.762. The van der Waals surface area contributed by atoms with E-state index in [1.165, 1.54) is 6.07 Å². The molecule has 1 aromatic rings. The second-order valence-electron chi connectivity index (χ2n) is 2.89. The third-order valence-electron chi connectivity index (χ3n) is 1.83. The highest BCUT2D eigenvalue weighted by Crippen LogP contribution is 2.33. The van der Waals surface area contributed by atoms with Gasteiger partial charge in [-0.25, -0.2) is 0 Å².